The van der Waals surface area contributed by atoms with Gasteiger partial charge < -0.3 is 10.1 Å². The number of carbonyl (C=O) groups is 1. The molecule has 2 rings (SSSR count). The van der Waals surface area contributed by atoms with E-state index in [2.05, 4.69) is 29.4 Å². The van der Waals surface area contributed by atoms with Crippen molar-refractivity contribution in [1.29, 1.82) is 0 Å². The van der Waals surface area contributed by atoms with Crippen LogP contribution >= 0.6 is 11.8 Å². The van der Waals surface area contributed by atoms with Crippen LogP contribution in [0.1, 0.15) is 44.3 Å². The molecule has 1 aliphatic carbocycles. The summed E-state index contributed by atoms with van der Waals surface area (Å²) >= 11 is 1.79. The second kappa shape index (κ2) is 7.27. The Morgan fingerprint density at radius 1 is 1.52 bits per heavy atom. The van der Waals surface area contributed by atoms with E-state index in [0.717, 1.165) is 30.7 Å². The summed E-state index contributed by atoms with van der Waals surface area (Å²) in [6.07, 6.45) is 5.75. The summed E-state index contributed by atoms with van der Waals surface area (Å²) in [6.45, 7) is 2.15. The fourth-order valence-electron chi connectivity index (χ4n) is 2.41. The lowest BCUT2D eigenvalue weighted by molar-refractivity contribution is -0.141. The van der Waals surface area contributed by atoms with Crippen molar-refractivity contribution in [3.05, 3.63) is 24.0 Å². The molecule has 1 atom stereocenters. The topological polar surface area (TPSA) is 51.2 Å². The number of rotatable bonds is 8. The zero-order chi connectivity index (χ0) is 15.3. The zero-order valence-electron chi connectivity index (χ0n) is 13.0. The van der Waals surface area contributed by atoms with E-state index in [-0.39, 0.29) is 11.4 Å². The van der Waals surface area contributed by atoms with Gasteiger partial charge >= 0.3 is 5.97 Å². The molecule has 1 N–H and O–H groups in total. The number of aromatic nitrogens is 1. The molecule has 1 aromatic rings. The minimum atomic E-state index is -0.0959. The smallest absolute Gasteiger partial charge is 0.306 e. The Balaban J connectivity index is 1.88. The summed E-state index contributed by atoms with van der Waals surface area (Å²) in [5, 5.41) is 3.26. The Labute approximate surface area is 131 Å². The fraction of sp³-hybridized carbons (Fsp3) is 0.625. The highest BCUT2D eigenvalue weighted by Gasteiger charge is 2.44. The average molecular weight is 308 g/mol. The lowest BCUT2D eigenvalue weighted by atomic mass is 10.1. The van der Waals surface area contributed by atoms with Gasteiger partial charge in [-0.1, -0.05) is 6.92 Å². The van der Waals surface area contributed by atoms with Gasteiger partial charge in [0.05, 0.1) is 19.2 Å². The number of hydrogen-bond donors (Lipinski definition) is 1. The van der Waals surface area contributed by atoms with Crippen molar-refractivity contribution in [3.8, 4) is 0 Å². The number of hydrogen-bond acceptors (Lipinski definition) is 5. The molecule has 21 heavy (non-hydrogen) atoms. The Bertz CT molecular complexity index is 468. The third-order valence-corrected chi connectivity index (χ3v) is 5.45. The summed E-state index contributed by atoms with van der Waals surface area (Å²) in [5.74, 6) is 0.869. The van der Waals surface area contributed by atoms with Crippen LogP contribution in [-0.4, -0.2) is 30.9 Å². The SMILES string of the molecule is CCC(NC)c1ccc(SCC2(CC(=O)OC)CC2)cn1. The standard InChI is InChI=1S/C16H24N2O2S/c1-4-13(17-2)14-6-5-12(10-18-14)21-11-16(7-8-16)9-15(19)20-3/h5-6,10,13,17H,4,7-9,11H2,1-3H3. The lowest BCUT2D eigenvalue weighted by Crippen LogP contribution is -2.16. The lowest BCUT2D eigenvalue weighted by Gasteiger charge is -2.15. The molecule has 0 aromatic carbocycles. The van der Waals surface area contributed by atoms with Crippen LogP contribution in [0, 0.1) is 5.41 Å². The molecule has 1 aliphatic rings. The van der Waals surface area contributed by atoms with Crippen molar-refractivity contribution in [3.63, 3.8) is 0 Å². The molecule has 4 nitrogen and oxygen atoms in total. The van der Waals surface area contributed by atoms with Crippen molar-refractivity contribution in [2.75, 3.05) is 19.9 Å². The zero-order valence-corrected chi connectivity index (χ0v) is 13.8. The normalized spacial score (nSPS) is 17.3. The van der Waals surface area contributed by atoms with E-state index in [0.29, 0.717) is 12.5 Å². The van der Waals surface area contributed by atoms with Crippen molar-refractivity contribution in [1.82, 2.24) is 10.3 Å². The maximum Gasteiger partial charge on any atom is 0.306 e. The molecule has 1 saturated carbocycles. The van der Waals surface area contributed by atoms with E-state index in [1.165, 1.54) is 12.0 Å². The van der Waals surface area contributed by atoms with Gasteiger partial charge in [-0.25, -0.2) is 0 Å². The number of nitrogens with one attached hydrogen (secondary N) is 1. The summed E-state index contributed by atoms with van der Waals surface area (Å²) in [7, 11) is 3.42. The Morgan fingerprint density at radius 2 is 2.29 bits per heavy atom. The van der Waals surface area contributed by atoms with Gasteiger partial charge in [-0.2, -0.15) is 0 Å². The van der Waals surface area contributed by atoms with Gasteiger partial charge in [0.15, 0.2) is 0 Å². The van der Waals surface area contributed by atoms with E-state index in [4.69, 9.17) is 4.74 Å². The third-order valence-electron chi connectivity index (χ3n) is 4.12. The second-order valence-corrected chi connectivity index (χ2v) is 6.76. The summed E-state index contributed by atoms with van der Waals surface area (Å²) < 4.78 is 4.78. The van der Waals surface area contributed by atoms with E-state index in [1.54, 1.807) is 11.8 Å². The highest BCUT2D eigenvalue weighted by Crippen LogP contribution is 2.52. The molecular weight excluding hydrogens is 284 g/mol. The van der Waals surface area contributed by atoms with Crippen LogP contribution in [-0.2, 0) is 9.53 Å². The molecule has 0 radical (unpaired) electrons. The summed E-state index contributed by atoms with van der Waals surface area (Å²) in [4.78, 5) is 17.1. The summed E-state index contributed by atoms with van der Waals surface area (Å²) in [6, 6.07) is 4.53. The molecule has 1 unspecified atom stereocenters. The molecule has 1 heterocycles. The average Bonchev–Trinajstić information content (AvgIpc) is 3.27. The number of carbonyl (C=O) groups excluding carboxylic acids is 1. The van der Waals surface area contributed by atoms with E-state index < -0.39 is 0 Å². The van der Waals surface area contributed by atoms with Crippen molar-refractivity contribution < 1.29 is 9.53 Å². The molecule has 116 valence electrons. The van der Waals surface area contributed by atoms with Crippen LogP contribution in [0.2, 0.25) is 0 Å². The molecule has 0 aliphatic heterocycles. The Kier molecular flexibility index (Phi) is 5.65. The quantitative estimate of drug-likeness (QED) is 0.590. The van der Waals surface area contributed by atoms with Crippen LogP contribution in [0.5, 0.6) is 0 Å². The fourth-order valence-corrected chi connectivity index (χ4v) is 3.56. The number of thioether (sulfide) groups is 1. The van der Waals surface area contributed by atoms with Crippen LogP contribution in [0.3, 0.4) is 0 Å². The molecule has 0 spiro atoms. The van der Waals surface area contributed by atoms with Crippen molar-refractivity contribution in [2.45, 2.75) is 43.5 Å². The molecule has 0 amide bonds. The van der Waals surface area contributed by atoms with Crippen molar-refractivity contribution >= 4 is 17.7 Å². The molecule has 1 fully saturated rings. The molecular formula is C16H24N2O2S. The van der Waals surface area contributed by atoms with Crippen molar-refractivity contribution in [2.24, 2.45) is 5.41 Å². The monoisotopic (exact) mass is 308 g/mol. The van der Waals surface area contributed by atoms with Gasteiger partial charge in [0, 0.05) is 22.9 Å². The molecule has 1 aromatic heterocycles. The van der Waals surface area contributed by atoms with Crippen LogP contribution in [0.25, 0.3) is 0 Å². The maximum atomic E-state index is 11.4. The Morgan fingerprint density at radius 3 is 2.76 bits per heavy atom. The number of nitrogens with zero attached hydrogens (tertiary/aromatic N) is 1. The first-order chi connectivity index (χ1) is 10.1. The Hall–Kier alpha value is -1.07. The first-order valence-electron chi connectivity index (χ1n) is 7.45. The van der Waals surface area contributed by atoms with Crippen LogP contribution < -0.4 is 5.32 Å². The molecule has 5 heteroatoms. The second-order valence-electron chi connectivity index (χ2n) is 5.71. The highest BCUT2D eigenvalue weighted by atomic mass is 32.2. The summed E-state index contributed by atoms with van der Waals surface area (Å²) in [5.41, 5.74) is 1.24. The van der Waals surface area contributed by atoms with E-state index in [1.807, 2.05) is 13.2 Å². The van der Waals surface area contributed by atoms with Gasteiger partial charge in [0.25, 0.3) is 0 Å². The minimum Gasteiger partial charge on any atom is -0.469 e. The number of ether oxygens (including phenoxy) is 1. The van der Waals surface area contributed by atoms with Gasteiger partial charge in [-0.3, -0.25) is 9.78 Å². The van der Waals surface area contributed by atoms with Crippen LogP contribution in [0.4, 0.5) is 0 Å². The van der Waals surface area contributed by atoms with E-state index >= 15 is 0 Å². The third kappa shape index (κ3) is 4.45. The number of methoxy groups -OCH3 is 1. The predicted molar refractivity (Wildman–Crippen MR) is 85.4 cm³/mol. The number of esters is 1. The first kappa shape index (κ1) is 16.3. The van der Waals surface area contributed by atoms with Gasteiger partial charge in [-0.05, 0) is 43.9 Å². The van der Waals surface area contributed by atoms with Crippen LogP contribution in [0.15, 0.2) is 23.2 Å². The predicted octanol–water partition coefficient (Wildman–Crippen LogP) is 3.19. The highest BCUT2D eigenvalue weighted by molar-refractivity contribution is 7.99. The van der Waals surface area contributed by atoms with E-state index in [9.17, 15) is 4.79 Å². The van der Waals surface area contributed by atoms with Gasteiger partial charge in [-0.15, -0.1) is 11.8 Å². The molecule has 0 saturated heterocycles. The minimum absolute atomic E-state index is 0.0959. The maximum absolute atomic E-state index is 11.4. The number of pyridine rings is 1. The molecule has 0 bridgehead atoms. The van der Waals surface area contributed by atoms with Gasteiger partial charge in [0.2, 0.25) is 0 Å². The first-order valence-corrected chi connectivity index (χ1v) is 8.44. The van der Waals surface area contributed by atoms with Gasteiger partial charge in [0.1, 0.15) is 0 Å². The largest absolute Gasteiger partial charge is 0.469 e.